The Morgan fingerprint density at radius 3 is 2.67 bits per heavy atom. The van der Waals surface area contributed by atoms with Crippen LogP contribution >= 0.6 is 0 Å². The summed E-state index contributed by atoms with van der Waals surface area (Å²) in [6.45, 7) is 2.87. The van der Waals surface area contributed by atoms with E-state index in [2.05, 4.69) is 11.7 Å². The molecule has 0 aliphatic carbocycles. The van der Waals surface area contributed by atoms with Gasteiger partial charge in [-0.1, -0.05) is 25.5 Å². The molecule has 0 amide bonds. The SMILES string of the molecule is CCCCOc1ccc([C@@H]2O[C@H]2C(=O)OC)cc1. The number of ether oxygens (including phenoxy) is 3. The summed E-state index contributed by atoms with van der Waals surface area (Å²) in [6, 6.07) is 7.66. The highest BCUT2D eigenvalue weighted by Crippen LogP contribution is 2.39. The summed E-state index contributed by atoms with van der Waals surface area (Å²) in [5.41, 5.74) is 0.980. The van der Waals surface area contributed by atoms with E-state index in [0.717, 1.165) is 30.8 Å². The number of esters is 1. The Morgan fingerprint density at radius 1 is 1.33 bits per heavy atom. The molecule has 1 heterocycles. The Hall–Kier alpha value is -1.55. The van der Waals surface area contributed by atoms with Crippen LogP contribution in [0.25, 0.3) is 0 Å². The van der Waals surface area contributed by atoms with Crippen molar-refractivity contribution < 1.29 is 19.0 Å². The highest BCUT2D eigenvalue weighted by atomic mass is 16.6. The van der Waals surface area contributed by atoms with Crippen molar-refractivity contribution in [3.63, 3.8) is 0 Å². The van der Waals surface area contributed by atoms with E-state index in [4.69, 9.17) is 9.47 Å². The zero-order valence-corrected chi connectivity index (χ0v) is 10.7. The summed E-state index contributed by atoms with van der Waals surface area (Å²) in [5.74, 6) is 0.533. The molecule has 0 N–H and O–H groups in total. The molecule has 1 aromatic rings. The van der Waals surface area contributed by atoms with Crippen LogP contribution in [0, 0.1) is 0 Å². The molecule has 0 spiro atoms. The first-order valence-electron chi connectivity index (χ1n) is 6.22. The molecule has 4 nitrogen and oxygen atoms in total. The number of carbonyl (C=O) groups excluding carboxylic acids is 1. The lowest BCUT2D eigenvalue weighted by molar-refractivity contribution is -0.142. The van der Waals surface area contributed by atoms with Gasteiger partial charge in [0.1, 0.15) is 11.9 Å². The van der Waals surface area contributed by atoms with Gasteiger partial charge < -0.3 is 14.2 Å². The highest BCUT2D eigenvalue weighted by Gasteiger charge is 2.47. The molecule has 18 heavy (non-hydrogen) atoms. The number of epoxide rings is 1. The lowest BCUT2D eigenvalue weighted by Crippen LogP contribution is -2.09. The first-order chi connectivity index (χ1) is 8.76. The molecule has 1 fully saturated rings. The molecule has 0 radical (unpaired) electrons. The molecule has 1 aliphatic heterocycles. The molecule has 98 valence electrons. The van der Waals surface area contributed by atoms with Crippen LogP contribution in [0.5, 0.6) is 5.75 Å². The molecular formula is C14H18O4. The van der Waals surface area contributed by atoms with E-state index >= 15 is 0 Å². The minimum Gasteiger partial charge on any atom is -0.494 e. The van der Waals surface area contributed by atoms with Crippen LogP contribution in [0.2, 0.25) is 0 Å². The van der Waals surface area contributed by atoms with Crippen LogP contribution < -0.4 is 4.74 Å². The summed E-state index contributed by atoms with van der Waals surface area (Å²) in [4.78, 5) is 11.2. The number of methoxy groups -OCH3 is 1. The van der Waals surface area contributed by atoms with Crippen molar-refractivity contribution in [3.05, 3.63) is 29.8 Å². The van der Waals surface area contributed by atoms with E-state index in [1.54, 1.807) is 0 Å². The topological polar surface area (TPSA) is 48.1 Å². The van der Waals surface area contributed by atoms with Crippen LogP contribution in [0.1, 0.15) is 31.4 Å². The van der Waals surface area contributed by atoms with Gasteiger partial charge >= 0.3 is 5.97 Å². The van der Waals surface area contributed by atoms with Crippen molar-refractivity contribution >= 4 is 5.97 Å². The Kier molecular flexibility index (Phi) is 4.20. The smallest absolute Gasteiger partial charge is 0.338 e. The number of rotatable bonds is 6. The first kappa shape index (κ1) is 12.9. The number of hydrogen-bond acceptors (Lipinski definition) is 4. The lowest BCUT2D eigenvalue weighted by Gasteiger charge is -2.05. The average Bonchev–Trinajstić information content (AvgIpc) is 3.19. The van der Waals surface area contributed by atoms with Gasteiger partial charge in [0.05, 0.1) is 13.7 Å². The Morgan fingerprint density at radius 2 is 2.06 bits per heavy atom. The van der Waals surface area contributed by atoms with Crippen LogP contribution in [0.15, 0.2) is 24.3 Å². The fourth-order valence-corrected chi connectivity index (χ4v) is 1.75. The molecule has 1 saturated heterocycles. The summed E-state index contributed by atoms with van der Waals surface area (Å²) in [6.07, 6.45) is 1.57. The van der Waals surface area contributed by atoms with E-state index in [-0.39, 0.29) is 12.1 Å². The fourth-order valence-electron chi connectivity index (χ4n) is 1.75. The molecule has 0 aromatic heterocycles. The maximum absolute atomic E-state index is 11.2. The van der Waals surface area contributed by atoms with Crippen LogP contribution in [-0.4, -0.2) is 25.8 Å². The second kappa shape index (κ2) is 5.87. The van der Waals surface area contributed by atoms with Crippen molar-refractivity contribution in [2.75, 3.05) is 13.7 Å². The van der Waals surface area contributed by atoms with Gasteiger partial charge in [-0.15, -0.1) is 0 Å². The maximum atomic E-state index is 11.2. The zero-order chi connectivity index (χ0) is 13.0. The lowest BCUT2D eigenvalue weighted by atomic mass is 10.1. The predicted octanol–water partition coefficient (Wildman–Crippen LogP) is 2.48. The molecule has 4 heteroatoms. The highest BCUT2D eigenvalue weighted by molar-refractivity contribution is 5.78. The molecule has 0 bridgehead atoms. The largest absolute Gasteiger partial charge is 0.494 e. The van der Waals surface area contributed by atoms with Gasteiger partial charge in [-0.25, -0.2) is 4.79 Å². The van der Waals surface area contributed by atoms with Gasteiger partial charge in [0.15, 0.2) is 6.10 Å². The van der Waals surface area contributed by atoms with Crippen LogP contribution in [0.4, 0.5) is 0 Å². The Balaban J connectivity index is 1.87. The third kappa shape index (κ3) is 3.01. The molecule has 0 saturated carbocycles. The number of hydrogen-bond donors (Lipinski definition) is 0. The molecule has 2 atom stereocenters. The minimum atomic E-state index is -0.443. The van der Waals surface area contributed by atoms with E-state index < -0.39 is 6.10 Å². The third-order valence-electron chi connectivity index (χ3n) is 2.90. The zero-order valence-electron chi connectivity index (χ0n) is 10.7. The van der Waals surface area contributed by atoms with E-state index in [1.807, 2.05) is 24.3 Å². The Bertz CT molecular complexity index is 399. The first-order valence-corrected chi connectivity index (χ1v) is 6.22. The van der Waals surface area contributed by atoms with Crippen molar-refractivity contribution in [3.8, 4) is 5.75 Å². The van der Waals surface area contributed by atoms with Gasteiger partial charge in [-0.3, -0.25) is 0 Å². The fraction of sp³-hybridized carbons (Fsp3) is 0.500. The number of unbranched alkanes of at least 4 members (excludes halogenated alkanes) is 1. The number of carbonyl (C=O) groups is 1. The Labute approximate surface area is 107 Å². The van der Waals surface area contributed by atoms with E-state index in [1.165, 1.54) is 7.11 Å². The number of benzene rings is 1. The van der Waals surface area contributed by atoms with Crippen LogP contribution in [0.3, 0.4) is 0 Å². The average molecular weight is 250 g/mol. The van der Waals surface area contributed by atoms with Gasteiger partial charge in [0, 0.05) is 0 Å². The quantitative estimate of drug-likeness (QED) is 0.442. The summed E-state index contributed by atoms with van der Waals surface area (Å²) in [5, 5.41) is 0. The molecule has 2 rings (SSSR count). The monoisotopic (exact) mass is 250 g/mol. The maximum Gasteiger partial charge on any atom is 0.338 e. The van der Waals surface area contributed by atoms with E-state index in [9.17, 15) is 4.79 Å². The van der Waals surface area contributed by atoms with Crippen LogP contribution in [-0.2, 0) is 14.3 Å². The summed E-state index contributed by atoms with van der Waals surface area (Å²) >= 11 is 0. The van der Waals surface area contributed by atoms with Gasteiger partial charge in [-0.05, 0) is 24.1 Å². The second-order valence-electron chi connectivity index (χ2n) is 4.27. The molecule has 0 unspecified atom stereocenters. The summed E-state index contributed by atoms with van der Waals surface area (Å²) < 4.78 is 15.5. The van der Waals surface area contributed by atoms with Crippen molar-refractivity contribution in [1.82, 2.24) is 0 Å². The van der Waals surface area contributed by atoms with Gasteiger partial charge in [0.2, 0.25) is 0 Å². The van der Waals surface area contributed by atoms with E-state index in [0.29, 0.717) is 0 Å². The normalized spacial score (nSPS) is 21.4. The second-order valence-corrected chi connectivity index (χ2v) is 4.27. The predicted molar refractivity (Wildman–Crippen MR) is 66.5 cm³/mol. The summed E-state index contributed by atoms with van der Waals surface area (Å²) in [7, 11) is 1.37. The van der Waals surface area contributed by atoms with Gasteiger partial charge in [-0.2, -0.15) is 0 Å². The van der Waals surface area contributed by atoms with Crippen molar-refractivity contribution in [2.24, 2.45) is 0 Å². The molecular weight excluding hydrogens is 232 g/mol. The minimum absolute atomic E-state index is 0.165. The standard InChI is InChI=1S/C14H18O4/c1-3-4-9-17-11-7-5-10(6-8-11)12-13(18-12)14(15)16-2/h5-8,12-13H,3-4,9H2,1-2H3/t12-,13+/m0/s1. The van der Waals surface area contributed by atoms with Gasteiger partial charge in [0.25, 0.3) is 0 Å². The third-order valence-corrected chi connectivity index (χ3v) is 2.90. The van der Waals surface area contributed by atoms with Crippen molar-refractivity contribution in [1.29, 1.82) is 0 Å². The van der Waals surface area contributed by atoms with Crippen molar-refractivity contribution in [2.45, 2.75) is 32.0 Å². The molecule has 1 aliphatic rings. The molecule has 1 aromatic carbocycles.